The van der Waals surface area contributed by atoms with Crippen molar-refractivity contribution in [3.8, 4) is 0 Å². The Hall–Kier alpha value is -10.4. The number of H-pyrrole nitrogens is 1. The van der Waals surface area contributed by atoms with Gasteiger partial charge in [0.15, 0.2) is 0 Å². The number of aromatic amines is 1. The van der Waals surface area contributed by atoms with Gasteiger partial charge in [-0.15, -0.1) is 37.2 Å². The normalized spacial score (nSPS) is 17.8. The molecule has 7 N–H and O–H groups in total. The van der Waals surface area contributed by atoms with Gasteiger partial charge in [0.1, 0.15) is 54.3 Å². The third-order valence-corrected chi connectivity index (χ3v) is 20.7. The maximum atomic E-state index is 14.1. The van der Waals surface area contributed by atoms with E-state index in [0.717, 1.165) is 160 Å². The van der Waals surface area contributed by atoms with Crippen molar-refractivity contribution >= 4 is 138 Å². The van der Waals surface area contributed by atoms with Gasteiger partial charge in [-0.25, -0.2) is 22.5 Å². The summed E-state index contributed by atoms with van der Waals surface area (Å²) in [5.74, 6) is -4.23. The van der Waals surface area contributed by atoms with Crippen LogP contribution in [-0.2, 0) is 34.0 Å². The fourth-order valence-corrected chi connectivity index (χ4v) is 15.9. The Kier molecular flexibility index (Phi) is 24.4. The number of carbonyl (C=O) groups is 6. The molecule has 12 aromatic rings. The molecule has 3 amide bonds. The van der Waals surface area contributed by atoms with Gasteiger partial charge in [-0.3, -0.25) is 38.7 Å². The molecule has 3 aliphatic carbocycles. The van der Waals surface area contributed by atoms with E-state index in [1.807, 2.05) is 75.4 Å². The van der Waals surface area contributed by atoms with Gasteiger partial charge in [-0.05, 0) is 235 Å². The number of rotatable bonds is 15. The van der Waals surface area contributed by atoms with Crippen LogP contribution in [0.1, 0.15) is 160 Å². The fraction of sp³-hybridized carbons (Fsp3) is 0.304. The first-order valence-corrected chi connectivity index (χ1v) is 34.4. The Bertz CT molecular complexity index is 5050. The minimum Gasteiger partial charge on any atom is -0.480 e. The Labute approximate surface area is 619 Å². The summed E-state index contributed by atoms with van der Waals surface area (Å²) >= 11 is 0. The monoisotopic (exact) mass is 1490 g/mol. The van der Waals surface area contributed by atoms with Gasteiger partial charge in [-0.1, -0.05) is 30.3 Å². The summed E-state index contributed by atoms with van der Waals surface area (Å²) in [4.78, 5) is 88.7. The van der Waals surface area contributed by atoms with Crippen LogP contribution in [0.15, 0.2) is 146 Å². The highest BCUT2D eigenvalue weighted by Crippen LogP contribution is 2.44. The van der Waals surface area contributed by atoms with Crippen LogP contribution in [0.5, 0.6) is 0 Å². The molecule has 3 fully saturated rings. The van der Waals surface area contributed by atoms with Crippen molar-refractivity contribution in [3.05, 3.63) is 220 Å². The number of benzene rings is 6. The number of nitrogens with zero attached hydrogens (tertiary/aromatic N) is 6. The molecule has 0 aliphatic heterocycles. The van der Waals surface area contributed by atoms with Crippen molar-refractivity contribution in [1.82, 2.24) is 49.6 Å². The number of carbonyl (C=O) groups excluding carboxylic acids is 3. The lowest BCUT2D eigenvalue weighted by Gasteiger charge is -2.29. The molecule has 0 spiro atoms. The van der Waals surface area contributed by atoms with Crippen molar-refractivity contribution < 1.29 is 61.6 Å². The predicted molar refractivity (Wildman–Crippen MR) is 401 cm³/mol. The molecule has 0 saturated heterocycles. The van der Waals surface area contributed by atoms with Crippen molar-refractivity contribution in [1.29, 1.82) is 0 Å². The molecule has 3 aliphatic rings. The molecule has 0 atom stereocenters. The van der Waals surface area contributed by atoms with E-state index in [2.05, 4.69) is 35.9 Å². The molecule has 15 rings (SSSR count). The SMILES string of the molecule is Cc1c(C2CCC(NC(=O)c3cc4cc(F)ccc4[nH]3)CC2)c2cc(F)ccc2n1CC(=O)O.Cc1c(C2CCC(NC(=O)c3cnc4ccccc4c3)CC2)c2cc(F)ccc2n1CC(=O)O.Cc1c(C2CCC(NC(=O)c3cnc4ccccc4n3)CC2)c2cc(F)ccc2n1CC(=O)O.Cl.Cl.Cl. The minimum absolute atomic E-state index is 0. The molecule has 19 nitrogen and oxygen atoms in total. The molecule has 3 saturated carbocycles. The number of pyridine rings is 1. The number of halogens is 7. The van der Waals surface area contributed by atoms with E-state index in [4.69, 9.17) is 0 Å². The van der Waals surface area contributed by atoms with Crippen LogP contribution < -0.4 is 16.0 Å². The Balaban J connectivity index is 0.000000166. The van der Waals surface area contributed by atoms with Crippen LogP contribution in [0.3, 0.4) is 0 Å². The fourth-order valence-electron chi connectivity index (χ4n) is 15.9. The molecule has 6 aromatic heterocycles. The first-order chi connectivity index (χ1) is 49.1. The van der Waals surface area contributed by atoms with E-state index in [0.29, 0.717) is 33.4 Å². The summed E-state index contributed by atoms with van der Waals surface area (Å²) in [7, 11) is 0. The van der Waals surface area contributed by atoms with Gasteiger partial charge in [0.05, 0.1) is 28.3 Å². The smallest absolute Gasteiger partial charge is 0.323 e. The van der Waals surface area contributed by atoms with Gasteiger partial charge >= 0.3 is 17.9 Å². The average Bonchev–Trinajstić information content (AvgIpc) is 1.62. The van der Waals surface area contributed by atoms with Gasteiger partial charge in [-0.2, -0.15) is 0 Å². The highest BCUT2D eigenvalue weighted by atomic mass is 35.5. The number of aromatic nitrogens is 7. The maximum Gasteiger partial charge on any atom is 0.323 e. The van der Waals surface area contributed by atoms with Gasteiger partial charge < -0.3 is 50.0 Å². The summed E-state index contributed by atoms with van der Waals surface area (Å²) in [6, 6.07) is 36.6. The van der Waals surface area contributed by atoms with Crippen molar-refractivity contribution in [2.75, 3.05) is 0 Å². The zero-order valence-corrected chi connectivity index (χ0v) is 60.1. The molecular formula is C79H79Cl3F4N10O9. The molecule has 0 bridgehead atoms. The lowest BCUT2D eigenvalue weighted by Crippen LogP contribution is -2.37. The zero-order valence-electron chi connectivity index (χ0n) is 57.6. The molecule has 548 valence electrons. The van der Waals surface area contributed by atoms with E-state index in [1.54, 1.807) is 50.2 Å². The van der Waals surface area contributed by atoms with Gasteiger partial charge in [0, 0.05) is 90.4 Å². The molecular weight excluding hydrogens is 1420 g/mol. The number of carboxylic acids is 3. The summed E-state index contributed by atoms with van der Waals surface area (Å²) in [6.07, 6.45) is 12.7. The number of hydrogen-bond acceptors (Lipinski definition) is 9. The van der Waals surface area contributed by atoms with Gasteiger partial charge in [0.2, 0.25) is 0 Å². The number of fused-ring (bicyclic) bond motifs is 6. The molecule has 26 heteroatoms. The van der Waals surface area contributed by atoms with Crippen molar-refractivity contribution in [2.45, 2.75) is 153 Å². The van der Waals surface area contributed by atoms with Crippen LogP contribution in [0.2, 0.25) is 0 Å². The van der Waals surface area contributed by atoms with E-state index < -0.39 is 17.9 Å². The third-order valence-electron chi connectivity index (χ3n) is 20.7. The van der Waals surface area contributed by atoms with Crippen molar-refractivity contribution in [2.24, 2.45) is 0 Å². The van der Waals surface area contributed by atoms with E-state index >= 15 is 0 Å². The molecule has 0 radical (unpaired) electrons. The standard InChI is InChI=1S/C27H26FN3O3.C26H25F2N3O3.C26H25FN4O3.3ClH/c1-16-26(22-13-20(28)8-11-24(22)31(16)15-25(32)33)17-6-9-21(10-7-17)30-27(34)19-12-18-4-2-3-5-23(18)29-14-19;1-14-25(20-12-18(28)5-9-23(20)31(14)13-24(32)33)15-2-6-19(7-3-15)29-26(34)22-11-16-10-17(27)4-8-21(16)30-22;1-15-25(19-12-17(27)8-11-23(19)31(15)14-24(32)33)16-6-9-18(10-7-16)29-26(34)22-13-28-20-4-2-3-5-21(20)30-22;;;/h2-5,8,11-14,17,21H,6-7,9-10,15H2,1H3,(H,30,34)(H,32,33);4-5,8-12,15,19,30H,2-3,6-7,13H2,1H3,(H,29,34)(H,32,33);2-5,8,11-13,16,18H,6-7,9-10,14H2,1H3,(H,29,34)(H,32,33);3*1H. The number of amides is 3. The minimum atomic E-state index is -0.943. The molecule has 6 aromatic carbocycles. The summed E-state index contributed by atoms with van der Waals surface area (Å²) in [6.45, 7) is 5.22. The average molecular weight is 1490 g/mol. The first-order valence-electron chi connectivity index (χ1n) is 34.4. The highest BCUT2D eigenvalue weighted by Gasteiger charge is 2.33. The van der Waals surface area contributed by atoms with Crippen LogP contribution in [-0.4, -0.2) is 103 Å². The molecule has 105 heavy (non-hydrogen) atoms. The highest BCUT2D eigenvalue weighted by molar-refractivity contribution is 5.99. The predicted octanol–water partition coefficient (Wildman–Crippen LogP) is 16.3. The molecule has 6 heterocycles. The van der Waals surface area contributed by atoms with Crippen LogP contribution in [0.4, 0.5) is 17.6 Å². The van der Waals surface area contributed by atoms with E-state index in [9.17, 15) is 61.6 Å². The second kappa shape index (κ2) is 33.2. The first kappa shape index (κ1) is 77.3. The Morgan fingerprint density at radius 1 is 0.429 bits per heavy atom. The Morgan fingerprint density at radius 3 is 1.26 bits per heavy atom. The quantitative estimate of drug-likeness (QED) is 0.0472. The van der Waals surface area contributed by atoms with E-state index in [-0.39, 0.29) is 134 Å². The zero-order chi connectivity index (χ0) is 71.6. The third kappa shape index (κ3) is 16.9. The summed E-state index contributed by atoms with van der Waals surface area (Å²) in [5, 5.41) is 41.2. The summed E-state index contributed by atoms with van der Waals surface area (Å²) < 4.78 is 60.9. The lowest BCUT2D eigenvalue weighted by atomic mass is 9.80. The Morgan fingerprint density at radius 2 is 0.810 bits per heavy atom. The topological polar surface area (TPSA) is 268 Å². The second-order valence-corrected chi connectivity index (χ2v) is 27.1. The number of carboxylic acid groups (broad SMARTS) is 3. The van der Waals surface area contributed by atoms with Crippen molar-refractivity contribution in [3.63, 3.8) is 0 Å². The maximum absolute atomic E-state index is 14.1. The summed E-state index contributed by atoms with van der Waals surface area (Å²) in [5.41, 5.74) is 12.0. The van der Waals surface area contributed by atoms with Crippen LogP contribution in [0.25, 0.3) is 65.5 Å². The number of hydrogen-bond donors (Lipinski definition) is 7. The number of nitrogens with one attached hydrogen (secondary N) is 4. The molecule has 0 unspecified atom stereocenters. The van der Waals surface area contributed by atoms with Gasteiger partial charge in [0.25, 0.3) is 17.7 Å². The lowest BCUT2D eigenvalue weighted by molar-refractivity contribution is -0.138. The van der Waals surface area contributed by atoms with Crippen LogP contribution in [0, 0.1) is 44.0 Å². The second-order valence-electron chi connectivity index (χ2n) is 27.1. The largest absolute Gasteiger partial charge is 0.480 e. The number of aliphatic carboxylic acids is 3. The van der Waals surface area contributed by atoms with Crippen LogP contribution >= 0.6 is 37.2 Å². The number of para-hydroxylation sites is 3. The van der Waals surface area contributed by atoms with E-state index in [1.165, 1.54) is 54.7 Å².